The first-order valence-corrected chi connectivity index (χ1v) is 7.97. The number of fused-ring (bicyclic) bond motifs is 4. The molecule has 1 N–H and O–H groups in total. The predicted molar refractivity (Wildman–Crippen MR) is 80.8 cm³/mol. The van der Waals surface area contributed by atoms with Crippen molar-refractivity contribution in [3.8, 4) is 0 Å². The van der Waals surface area contributed by atoms with Gasteiger partial charge in [-0.05, 0) is 17.8 Å². The Morgan fingerprint density at radius 3 is 3.20 bits per heavy atom. The molecule has 0 fully saturated rings. The van der Waals surface area contributed by atoms with Gasteiger partial charge in [0.05, 0.1) is 0 Å². The van der Waals surface area contributed by atoms with Gasteiger partial charge in [0.2, 0.25) is 5.16 Å². The minimum absolute atomic E-state index is 0.228. The maximum atomic E-state index is 4.13. The highest BCUT2D eigenvalue weighted by atomic mass is 32.2. The molecule has 2 aromatic heterocycles. The standard InChI is InChI=1S/C13H9N5S2/c1-2-4-10-8(3-1)9(5-14-10)12-18-11(6-19-12)20-13-16-15-7-17(13)18/h1-7,12,14H/t12-/m1/s1. The minimum atomic E-state index is 0.228. The molecule has 5 rings (SSSR count). The number of aromatic amines is 1. The normalized spacial score (nSPS) is 20.3. The van der Waals surface area contributed by atoms with Gasteiger partial charge in [-0.15, -0.1) is 10.2 Å². The molecule has 0 saturated carbocycles. The first-order chi connectivity index (χ1) is 9.92. The smallest absolute Gasteiger partial charge is 0.216 e. The van der Waals surface area contributed by atoms with Crippen molar-refractivity contribution >= 4 is 34.4 Å². The van der Waals surface area contributed by atoms with E-state index in [4.69, 9.17) is 0 Å². The highest BCUT2D eigenvalue weighted by Crippen LogP contribution is 2.51. The Balaban J connectivity index is 1.66. The zero-order valence-electron chi connectivity index (χ0n) is 10.2. The lowest BCUT2D eigenvalue weighted by atomic mass is 10.2. The number of nitrogens with zero attached hydrogens (tertiary/aromatic N) is 4. The number of rotatable bonds is 1. The number of nitrogens with one attached hydrogen (secondary N) is 1. The molecule has 0 aliphatic carbocycles. The lowest BCUT2D eigenvalue weighted by Crippen LogP contribution is -2.28. The van der Waals surface area contributed by atoms with E-state index in [-0.39, 0.29) is 5.37 Å². The van der Waals surface area contributed by atoms with Crippen LogP contribution in [0.25, 0.3) is 10.9 Å². The van der Waals surface area contributed by atoms with E-state index >= 15 is 0 Å². The van der Waals surface area contributed by atoms with Gasteiger partial charge in [0, 0.05) is 28.1 Å². The largest absolute Gasteiger partial charge is 0.361 e. The van der Waals surface area contributed by atoms with Gasteiger partial charge in [0.1, 0.15) is 16.7 Å². The Morgan fingerprint density at radius 1 is 1.25 bits per heavy atom. The molecule has 0 saturated heterocycles. The molecule has 0 radical (unpaired) electrons. The molecule has 20 heavy (non-hydrogen) atoms. The van der Waals surface area contributed by atoms with Crippen LogP contribution < -0.4 is 5.01 Å². The maximum Gasteiger partial charge on any atom is 0.216 e. The van der Waals surface area contributed by atoms with Crippen molar-refractivity contribution in [2.45, 2.75) is 10.5 Å². The lowest BCUT2D eigenvalue weighted by Gasteiger charge is -2.23. The van der Waals surface area contributed by atoms with Crippen LogP contribution in [0, 0.1) is 0 Å². The Labute approximate surface area is 123 Å². The molecule has 4 heterocycles. The fourth-order valence-corrected chi connectivity index (χ4v) is 4.91. The van der Waals surface area contributed by atoms with Crippen molar-refractivity contribution in [1.82, 2.24) is 19.9 Å². The molecule has 0 spiro atoms. The van der Waals surface area contributed by atoms with E-state index in [1.165, 1.54) is 21.5 Å². The summed E-state index contributed by atoms with van der Waals surface area (Å²) in [5, 5.41) is 16.2. The summed E-state index contributed by atoms with van der Waals surface area (Å²) in [4.78, 5) is 3.35. The van der Waals surface area contributed by atoms with Gasteiger partial charge in [-0.1, -0.05) is 30.0 Å². The summed E-state index contributed by atoms with van der Waals surface area (Å²) in [6, 6.07) is 8.40. The Kier molecular flexibility index (Phi) is 2.08. The first kappa shape index (κ1) is 10.9. The molecule has 0 bridgehead atoms. The van der Waals surface area contributed by atoms with Crippen LogP contribution in [0.4, 0.5) is 0 Å². The number of para-hydroxylation sites is 1. The summed E-state index contributed by atoms with van der Waals surface area (Å²) >= 11 is 3.49. The van der Waals surface area contributed by atoms with Crippen LogP contribution in [0.5, 0.6) is 0 Å². The van der Waals surface area contributed by atoms with E-state index in [1.807, 2.05) is 16.4 Å². The third-order valence-corrected chi connectivity index (χ3v) is 5.75. The number of benzene rings is 1. The zero-order chi connectivity index (χ0) is 13.1. The van der Waals surface area contributed by atoms with Gasteiger partial charge < -0.3 is 4.98 Å². The Morgan fingerprint density at radius 2 is 2.20 bits per heavy atom. The van der Waals surface area contributed by atoms with Gasteiger partial charge in [-0.3, -0.25) is 5.01 Å². The molecular formula is C13H9N5S2. The van der Waals surface area contributed by atoms with Gasteiger partial charge in [0.15, 0.2) is 0 Å². The van der Waals surface area contributed by atoms with Gasteiger partial charge >= 0.3 is 0 Å². The van der Waals surface area contributed by atoms with Gasteiger partial charge in [0.25, 0.3) is 0 Å². The summed E-state index contributed by atoms with van der Waals surface area (Å²) < 4.78 is 2.03. The second-order valence-electron chi connectivity index (χ2n) is 4.64. The molecule has 98 valence electrons. The Bertz CT molecular complexity index is 849. The first-order valence-electron chi connectivity index (χ1n) is 6.21. The highest BCUT2D eigenvalue weighted by molar-refractivity contribution is 8.07. The van der Waals surface area contributed by atoms with E-state index in [0.717, 1.165) is 5.16 Å². The topological polar surface area (TPSA) is 49.7 Å². The van der Waals surface area contributed by atoms with Crippen LogP contribution in [0.15, 0.2) is 52.4 Å². The quantitative estimate of drug-likeness (QED) is 0.748. The number of hydrogen-bond donors (Lipinski definition) is 1. The predicted octanol–water partition coefficient (Wildman–Crippen LogP) is 3.05. The highest BCUT2D eigenvalue weighted by Gasteiger charge is 2.38. The summed E-state index contributed by atoms with van der Waals surface area (Å²) in [5.74, 6) is 0. The third kappa shape index (κ3) is 1.31. The maximum absolute atomic E-state index is 4.13. The molecule has 3 aromatic rings. The summed E-state index contributed by atoms with van der Waals surface area (Å²) in [7, 11) is 0. The minimum Gasteiger partial charge on any atom is -0.361 e. The molecule has 0 amide bonds. The molecule has 1 aromatic carbocycles. The van der Waals surface area contributed by atoms with E-state index in [2.05, 4.69) is 56.1 Å². The van der Waals surface area contributed by atoms with Crippen LogP contribution in [0.3, 0.4) is 0 Å². The molecular weight excluding hydrogens is 290 g/mol. The van der Waals surface area contributed by atoms with E-state index < -0.39 is 0 Å². The van der Waals surface area contributed by atoms with Crippen molar-refractivity contribution in [2.24, 2.45) is 0 Å². The number of H-pyrrole nitrogens is 1. The molecule has 5 nitrogen and oxygen atoms in total. The molecule has 0 unspecified atom stereocenters. The Hall–Kier alpha value is -1.86. The number of hydrogen-bond acceptors (Lipinski definition) is 5. The molecule has 2 aliphatic rings. The third-order valence-electron chi connectivity index (χ3n) is 3.56. The summed E-state index contributed by atoms with van der Waals surface area (Å²) in [6.07, 6.45) is 3.88. The molecule has 7 heteroatoms. The second-order valence-corrected chi connectivity index (χ2v) is 6.58. The SMILES string of the molecule is C1=C2Sc3nncn3N2[C@@H](c2c[nH]c3ccccc23)S1. The number of thioether (sulfide) groups is 2. The van der Waals surface area contributed by atoms with Crippen molar-refractivity contribution in [1.29, 1.82) is 0 Å². The lowest BCUT2D eigenvalue weighted by molar-refractivity contribution is 0.635. The van der Waals surface area contributed by atoms with Crippen LogP contribution in [0.2, 0.25) is 0 Å². The average Bonchev–Trinajstić information content (AvgIpc) is 3.17. The average molecular weight is 299 g/mol. The zero-order valence-corrected chi connectivity index (χ0v) is 11.9. The van der Waals surface area contributed by atoms with Crippen molar-refractivity contribution in [3.63, 3.8) is 0 Å². The van der Waals surface area contributed by atoms with E-state index in [0.29, 0.717) is 0 Å². The number of aromatic nitrogens is 4. The van der Waals surface area contributed by atoms with Crippen molar-refractivity contribution in [3.05, 3.63) is 52.8 Å². The second kappa shape index (κ2) is 3.83. The van der Waals surface area contributed by atoms with E-state index in [1.54, 1.807) is 18.1 Å². The summed E-state index contributed by atoms with van der Waals surface area (Å²) in [6.45, 7) is 0. The van der Waals surface area contributed by atoms with Crippen LogP contribution >= 0.6 is 23.5 Å². The van der Waals surface area contributed by atoms with Crippen LogP contribution in [0.1, 0.15) is 10.9 Å². The summed E-state index contributed by atoms with van der Waals surface area (Å²) in [5.41, 5.74) is 2.46. The van der Waals surface area contributed by atoms with Crippen LogP contribution in [-0.4, -0.2) is 19.9 Å². The van der Waals surface area contributed by atoms with Gasteiger partial charge in [-0.2, -0.15) is 0 Å². The fourth-order valence-electron chi connectivity index (χ4n) is 2.67. The monoisotopic (exact) mass is 299 g/mol. The van der Waals surface area contributed by atoms with Crippen molar-refractivity contribution < 1.29 is 0 Å². The van der Waals surface area contributed by atoms with E-state index in [9.17, 15) is 0 Å². The van der Waals surface area contributed by atoms with Gasteiger partial charge in [-0.25, -0.2) is 4.68 Å². The molecule has 1 atom stereocenters. The molecule has 2 aliphatic heterocycles. The van der Waals surface area contributed by atoms with Crippen molar-refractivity contribution in [2.75, 3.05) is 5.01 Å². The van der Waals surface area contributed by atoms with Crippen LogP contribution in [-0.2, 0) is 0 Å². The fraction of sp³-hybridized carbons (Fsp3) is 0.0769.